The Kier molecular flexibility index (Phi) is 5.85. The molecule has 1 aromatic carbocycles. The maximum Gasteiger partial charge on any atom is 0.261 e. The Balaban J connectivity index is 1.61. The van der Waals surface area contributed by atoms with Crippen LogP contribution >= 0.6 is 27.3 Å². The molecule has 0 aliphatic heterocycles. The van der Waals surface area contributed by atoms with Crippen LogP contribution in [0.25, 0.3) is 0 Å². The third-order valence-electron chi connectivity index (χ3n) is 3.70. The van der Waals surface area contributed by atoms with Gasteiger partial charge in [-0.15, -0.1) is 11.3 Å². The minimum atomic E-state index is -0.666. The Morgan fingerprint density at radius 3 is 2.69 bits per heavy atom. The summed E-state index contributed by atoms with van der Waals surface area (Å²) in [5.74, 6) is 0.0219. The normalized spacial score (nSPS) is 11.8. The quantitative estimate of drug-likeness (QED) is 0.625. The molecule has 134 valence electrons. The van der Waals surface area contributed by atoms with Crippen LogP contribution in [0.1, 0.15) is 22.2 Å². The number of hydrogen-bond acceptors (Lipinski definition) is 4. The van der Waals surface area contributed by atoms with E-state index in [0.717, 1.165) is 10.0 Å². The standard InChI is InChI=1S/C18H17BrN4O2S/c1-12(21-18(25)15-3-2-10-26-15)17(24)22-16-8-9-20-23(16)11-13-4-6-14(19)7-5-13/h2-10,12H,11H2,1H3,(H,21,25)(H,22,24). The number of amides is 2. The van der Waals surface area contributed by atoms with Crippen molar-refractivity contribution in [3.63, 3.8) is 0 Å². The zero-order valence-electron chi connectivity index (χ0n) is 14.0. The molecule has 0 saturated carbocycles. The number of halogens is 1. The van der Waals surface area contributed by atoms with Gasteiger partial charge in [0.15, 0.2) is 0 Å². The van der Waals surface area contributed by atoms with E-state index in [1.807, 2.05) is 29.6 Å². The third-order valence-corrected chi connectivity index (χ3v) is 5.10. The summed E-state index contributed by atoms with van der Waals surface area (Å²) in [5.41, 5.74) is 1.06. The first kappa shape index (κ1) is 18.3. The van der Waals surface area contributed by atoms with E-state index >= 15 is 0 Å². The van der Waals surface area contributed by atoms with Crippen molar-refractivity contribution in [1.82, 2.24) is 15.1 Å². The summed E-state index contributed by atoms with van der Waals surface area (Å²) in [7, 11) is 0. The minimum absolute atomic E-state index is 0.258. The molecule has 0 bridgehead atoms. The van der Waals surface area contributed by atoms with Gasteiger partial charge in [0.2, 0.25) is 5.91 Å². The van der Waals surface area contributed by atoms with Gasteiger partial charge in [-0.25, -0.2) is 4.68 Å². The van der Waals surface area contributed by atoms with Crippen LogP contribution in [0.5, 0.6) is 0 Å². The highest BCUT2D eigenvalue weighted by Crippen LogP contribution is 2.14. The van der Waals surface area contributed by atoms with E-state index in [4.69, 9.17) is 0 Å². The maximum atomic E-state index is 12.4. The number of hydrogen-bond donors (Lipinski definition) is 2. The van der Waals surface area contributed by atoms with Gasteiger partial charge in [0.05, 0.1) is 17.6 Å². The van der Waals surface area contributed by atoms with E-state index in [1.54, 1.807) is 36.0 Å². The Bertz CT molecular complexity index is 890. The summed E-state index contributed by atoms with van der Waals surface area (Å²) in [4.78, 5) is 25.0. The van der Waals surface area contributed by atoms with Crippen LogP contribution in [-0.4, -0.2) is 27.6 Å². The molecule has 2 N–H and O–H groups in total. The number of nitrogens with zero attached hydrogens (tertiary/aromatic N) is 2. The van der Waals surface area contributed by atoms with E-state index in [1.165, 1.54) is 11.3 Å². The fraction of sp³-hybridized carbons (Fsp3) is 0.167. The van der Waals surface area contributed by atoms with Crippen molar-refractivity contribution in [2.24, 2.45) is 0 Å². The van der Waals surface area contributed by atoms with Gasteiger partial charge >= 0.3 is 0 Å². The minimum Gasteiger partial charge on any atom is -0.340 e. The molecule has 0 radical (unpaired) electrons. The molecule has 0 aliphatic carbocycles. The Morgan fingerprint density at radius 1 is 1.23 bits per heavy atom. The number of carbonyl (C=O) groups is 2. The first-order valence-electron chi connectivity index (χ1n) is 7.94. The number of aromatic nitrogens is 2. The van der Waals surface area contributed by atoms with E-state index < -0.39 is 6.04 Å². The third kappa shape index (κ3) is 4.59. The highest BCUT2D eigenvalue weighted by molar-refractivity contribution is 9.10. The molecular weight excluding hydrogens is 416 g/mol. The number of rotatable bonds is 6. The monoisotopic (exact) mass is 432 g/mol. The maximum absolute atomic E-state index is 12.4. The number of benzene rings is 1. The van der Waals surface area contributed by atoms with Gasteiger partial charge < -0.3 is 10.6 Å². The first-order valence-corrected chi connectivity index (χ1v) is 9.61. The van der Waals surface area contributed by atoms with E-state index in [9.17, 15) is 9.59 Å². The van der Waals surface area contributed by atoms with Crippen LogP contribution in [0.2, 0.25) is 0 Å². The summed E-state index contributed by atoms with van der Waals surface area (Å²) in [5, 5.41) is 11.6. The van der Waals surface area contributed by atoms with E-state index in [0.29, 0.717) is 17.2 Å². The highest BCUT2D eigenvalue weighted by atomic mass is 79.9. The molecule has 1 unspecified atom stereocenters. The molecule has 3 aromatic rings. The first-order chi connectivity index (χ1) is 12.5. The topological polar surface area (TPSA) is 76.0 Å². The second-order valence-corrected chi connectivity index (χ2v) is 7.53. The fourth-order valence-electron chi connectivity index (χ4n) is 2.30. The average Bonchev–Trinajstić information content (AvgIpc) is 3.29. The molecule has 0 aliphatic rings. The van der Waals surface area contributed by atoms with Crippen LogP contribution in [-0.2, 0) is 11.3 Å². The summed E-state index contributed by atoms with van der Waals surface area (Å²) < 4.78 is 2.71. The smallest absolute Gasteiger partial charge is 0.261 e. The Hall–Kier alpha value is -2.45. The average molecular weight is 433 g/mol. The summed E-state index contributed by atoms with van der Waals surface area (Å²) >= 11 is 4.74. The Labute approximate surface area is 163 Å². The molecule has 0 spiro atoms. The van der Waals surface area contributed by atoms with E-state index in [2.05, 4.69) is 31.7 Å². The lowest BCUT2D eigenvalue weighted by Gasteiger charge is -2.14. The number of carbonyl (C=O) groups excluding carboxylic acids is 2. The largest absolute Gasteiger partial charge is 0.340 e. The van der Waals surface area contributed by atoms with Gasteiger partial charge in [0, 0.05) is 10.5 Å². The second kappa shape index (κ2) is 8.29. The lowest BCUT2D eigenvalue weighted by atomic mass is 10.2. The lowest BCUT2D eigenvalue weighted by molar-refractivity contribution is -0.117. The number of thiophene rings is 1. The van der Waals surface area contributed by atoms with Gasteiger partial charge in [-0.3, -0.25) is 9.59 Å². The number of anilines is 1. The van der Waals surface area contributed by atoms with Crippen LogP contribution < -0.4 is 10.6 Å². The predicted molar refractivity (Wildman–Crippen MR) is 105 cm³/mol. The molecule has 1 atom stereocenters. The summed E-state index contributed by atoms with van der Waals surface area (Å²) in [6.07, 6.45) is 1.63. The van der Waals surface area contributed by atoms with Crippen molar-refractivity contribution < 1.29 is 9.59 Å². The van der Waals surface area contributed by atoms with Crippen molar-refractivity contribution in [2.45, 2.75) is 19.5 Å². The van der Waals surface area contributed by atoms with Crippen molar-refractivity contribution in [2.75, 3.05) is 5.32 Å². The van der Waals surface area contributed by atoms with Crippen molar-refractivity contribution in [1.29, 1.82) is 0 Å². The van der Waals surface area contributed by atoms with Crippen LogP contribution in [0.4, 0.5) is 5.82 Å². The molecule has 0 saturated heterocycles. The molecular formula is C18H17BrN4O2S. The highest BCUT2D eigenvalue weighted by Gasteiger charge is 2.18. The molecule has 26 heavy (non-hydrogen) atoms. The van der Waals surface area contributed by atoms with Gasteiger partial charge in [-0.1, -0.05) is 34.1 Å². The van der Waals surface area contributed by atoms with Crippen LogP contribution in [0.3, 0.4) is 0 Å². The molecule has 6 nitrogen and oxygen atoms in total. The van der Waals surface area contributed by atoms with E-state index in [-0.39, 0.29) is 11.8 Å². The number of nitrogens with one attached hydrogen (secondary N) is 2. The van der Waals surface area contributed by atoms with Crippen LogP contribution in [0, 0.1) is 0 Å². The Morgan fingerprint density at radius 2 is 2.00 bits per heavy atom. The summed E-state index contributed by atoms with van der Waals surface area (Å²) in [6, 6.07) is 12.5. The SMILES string of the molecule is CC(NC(=O)c1cccs1)C(=O)Nc1ccnn1Cc1ccc(Br)cc1. The van der Waals surface area contributed by atoms with Crippen LogP contribution in [0.15, 0.2) is 58.5 Å². The molecule has 2 amide bonds. The van der Waals surface area contributed by atoms with Gasteiger partial charge in [0.25, 0.3) is 5.91 Å². The van der Waals surface area contributed by atoms with Gasteiger partial charge in [-0.2, -0.15) is 5.10 Å². The van der Waals surface area contributed by atoms with Crippen molar-refractivity contribution in [3.8, 4) is 0 Å². The van der Waals surface area contributed by atoms with Crippen molar-refractivity contribution >= 4 is 44.9 Å². The van der Waals surface area contributed by atoms with Gasteiger partial charge in [0.1, 0.15) is 11.9 Å². The lowest BCUT2D eigenvalue weighted by Crippen LogP contribution is -2.41. The molecule has 8 heteroatoms. The summed E-state index contributed by atoms with van der Waals surface area (Å²) in [6.45, 7) is 2.18. The fourth-order valence-corrected chi connectivity index (χ4v) is 3.19. The molecule has 0 fully saturated rings. The zero-order valence-corrected chi connectivity index (χ0v) is 16.4. The zero-order chi connectivity index (χ0) is 18.5. The second-order valence-electron chi connectivity index (χ2n) is 5.66. The molecule has 3 rings (SSSR count). The molecule has 2 aromatic heterocycles. The predicted octanol–water partition coefficient (Wildman–Crippen LogP) is 3.51. The van der Waals surface area contributed by atoms with Gasteiger partial charge in [-0.05, 0) is 36.1 Å². The van der Waals surface area contributed by atoms with Crippen molar-refractivity contribution in [3.05, 3.63) is 69.0 Å². The molecule has 2 heterocycles.